The summed E-state index contributed by atoms with van der Waals surface area (Å²) < 4.78 is 0. The number of phenolic OH excluding ortho intramolecular Hbond substituents is 1. The Hall–Kier alpha value is -1.55. The van der Waals surface area contributed by atoms with Crippen molar-refractivity contribution in [2.75, 3.05) is 7.05 Å². The van der Waals surface area contributed by atoms with E-state index in [1.807, 2.05) is 19.9 Å². The molecule has 100 valence electrons. The SMILES string of the molecule is CN(Cc1cccc(O)c1)C(=O)CCC(C)(C)N. The summed E-state index contributed by atoms with van der Waals surface area (Å²) >= 11 is 0. The van der Waals surface area contributed by atoms with Gasteiger partial charge in [0.1, 0.15) is 5.75 Å². The van der Waals surface area contributed by atoms with Crippen LogP contribution in [0.3, 0.4) is 0 Å². The van der Waals surface area contributed by atoms with Crippen molar-refractivity contribution < 1.29 is 9.90 Å². The molecule has 0 spiro atoms. The molecule has 1 aromatic rings. The first-order valence-corrected chi connectivity index (χ1v) is 6.09. The van der Waals surface area contributed by atoms with Gasteiger partial charge in [0, 0.05) is 25.6 Å². The number of hydrogen-bond donors (Lipinski definition) is 2. The Morgan fingerprint density at radius 1 is 1.44 bits per heavy atom. The minimum absolute atomic E-state index is 0.0665. The van der Waals surface area contributed by atoms with Crippen LogP contribution in [0.2, 0.25) is 0 Å². The molecule has 4 nitrogen and oxygen atoms in total. The fourth-order valence-electron chi connectivity index (χ4n) is 1.64. The smallest absolute Gasteiger partial charge is 0.222 e. The molecule has 0 aliphatic rings. The van der Waals surface area contributed by atoms with Crippen molar-refractivity contribution in [3.63, 3.8) is 0 Å². The fraction of sp³-hybridized carbons (Fsp3) is 0.500. The first-order valence-electron chi connectivity index (χ1n) is 6.09. The van der Waals surface area contributed by atoms with E-state index in [2.05, 4.69) is 0 Å². The van der Waals surface area contributed by atoms with E-state index in [-0.39, 0.29) is 17.2 Å². The van der Waals surface area contributed by atoms with Crippen LogP contribution in [0.15, 0.2) is 24.3 Å². The molecule has 0 radical (unpaired) electrons. The number of nitrogens with two attached hydrogens (primary N) is 1. The molecule has 0 aliphatic heterocycles. The number of nitrogens with zero attached hydrogens (tertiary/aromatic N) is 1. The number of carbonyl (C=O) groups is 1. The predicted molar refractivity (Wildman–Crippen MR) is 72.1 cm³/mol. The van der Waals surface area contributed by atoms with E-state index in [1.165, 1.54) is 0 Å². The predicted octanol–water partition coefficient (Wildman–Crippen LogP) is 1.87. The molecule has 0 unspecified atom stereocenters. The molecule has 1 aromatic carbocycles. The van der Waals surface area contributed by atoms with Gasteiger partial charge < -0.3 is 15.7 Å². The standard InChI is InChI=1S/C14H22N2O2/c1-14(2,15)8-7-13(18)16(3)10-11-5-4-6-12(17)9-11/h4-6,9,17H,7-8,10,15H2,1-3H3. The average molecular weight is 250 g/mol. The molecule has 0 saturated carbocycles. The maximum atomic E-state index is 11.9. The summed E-state index contributed by atoms with van der Waals surface area (Å²) in [6, 6.07) is 6.93. The van der Waals surface area contributed by atoms with Gasteiger partial charge in [-0.15, -0.1) is 0 Å². The zero-order valence-electron chi connectivity index (χ0n) is 11.3. The van der Waals surface area contributed by atoms with Crippen molar-refractivity contribution in [2.45, 2.75) is 38.8 Å². The lowest BCUT2D eigenvalue weighted by Crippen LogP contribution is -2.34. The summed E-state index contributed by atoms with van der Waals surface area (Å²) in [6.45, 7) is 4.32. The number of rotatable bonds is 5. The Morgan fingerprint density at radius 3 is 2.67 bits per heavy atom. The summed E-state index contributed by atoms with van der Waals surface area (Å²) in [5.74, 6) is 0.285. The highest BCUT2D eigenvalue weighted by Crippen LogP contribution is 2.14. The molecule has 0 saturated heterocycles. The summed E-state index contributed by atoms with van der Waals surface area (Å²) in [6.07, 6.45) is 1.11. The average Bonchev–Trinajstić information content (AvgIpc) is 2.24. The third kappa shape index (κ3) is 5.19. The highest BCUT2D eigenvalue weighted by atomic mass is 16.3. The highest BCUT2D eigenvalue weighted by Gasteiger charge is 2.15. The van der Waals surface area contributed by atoms with Crippen molar-refractivity contribution in [3.05, 3.63) is 29.8 Å². The van der Waals surface area contributed by atoms with Crippen LogP contribution in [-0.4, -0.2) is 28.5 Å². The van der Waals surface area contributed by atoms with Gasteiger partial charge in [-0.3, -0.25) is 4.79 Å². The minimum atomic E-state index is -0.318. The Morgan fingerprint density at radius 2 is 2.11 bits per heavy atom. The van der Waals surface area contributed by atoms with Crippen molar-refractivity contribution in [2.24, 2.45) is 5.73 Å². The van der Waals surface area contributed by atoms with Gasteiger partial charge in [0.05, 0.1) is 0 Å². The molecule has 1 rings (SSSR count). The molecular formula is C14H22N2O2. The second kappa shape index (κ2) is 5.87. The molecular weight excluding hydrogens is 228 g/mol. The van der Waals surface area contributed by atoms with E-state index in [9.17, 15) is 9.90 Å². The molecule has 1 amide bonds. The highest BCUT2D eigenvalue weighted by molar-refractivity contribution is 5.75. The molecule has 4 heteroatoms. The van der Waals surface area contributed by atoms with Crippen LogP contribution in [0.4, 0.5) is 0 Å². The second-order valence-electron chi connectivity index (χ2n) is 5.41. The van der Waals surface area contributed by atoms with E-state index < -0.39 is 0 Å². The molecule has 18 heavy (non-hydrogen) atoms. The molecule has 0 aliphatic carbocycles. The van der Waals surface area contributed by atoms with Gasteiger partial charge in [-0.1, -0.05) is 12.1 Å². The Balaban J connectivity index is 2.50. The topological polar surface area (TPSA) is 66.6 Å². The van der Waals surface area contributed by atoms with Gasteiger partial charge in [0.25, 0.3) is 0 Å². The number of carbonyl (C=O) groups excluding carboxylic acids is 1. The Bertz CT molecular complexity index is 411. The molecule has 0 fully saturated rings. The lowest BCUT2D eigenvalue weighted by atomic mass is 10.00. The van der Waals surface area contributed by atoms with Gasteiger partial charge in [0.2, 0.25) is 5.91 Å². The zero-order chi connectivity index (χ0) is 13.8. The largest absolute Gasteiger partial charge is 0.508 e. The molecule has 0 aromatic heterocycles. The lowest BCUT2D eigenvalue weighted by molar-refractivity contribution is -0.130. The van der Waals surface area contributed by atoms with E-state index in [1.54, 1.807) is 30.1 Å². The van der Waals surface area contributed by atoms with Crippen molar-refractivity contribution in [1.29, 1.82) is 0 Å². The molecule has 0 atom stereocenters. The van der Waals surface area contributed by atoms with E-state index in [0.29, 0.717) is 19.4 Å². The number of phenols is 1. The van der Waals surface area contributed by atoms with Gasteiger partial charge in [-0.2, -0.15) is 0 Å². The number of hydrogen-bond acceptors (Lipinski definition) is 3. The minimum Gasteiger partial charge on any atom is -0.508 e. The third-order valence-corrected chi connectivity index (χ3v) is 2.74. The number of amides is 1. The lowest BCUT2D eigenvalue weighted by Gasteiger charge is -2.21. The summed E-state index contributed by atoms with van der Waals surface area (Å²) in [5, 5.41) is 9.35. The van der Waals surface area contributed by atoms with Crippen molar-refractivity contribution in [1.82, 2.24) is 4.90 Å². The maximum absolute atomic E-state index is 11.9. The Kier molecular flexibility index (Phi) is 4.73. The van der Waals surface area contributed by atoms with E-state index >= 15 is 0 Å². The van der Waals surface area contributed by atoms with Gasteiger partial charge in [-0.05, 0) is 38.0 Å². The summed E-state index contributed by atoms with van der Waals surface area (Å²) in [7, 11) is 1.76. The molecule has 3 N–H and O–H groups in total. The quantitative estimate of drug-likeness (QED) is 0.838. The molecule has 0 heterocycles. The van der Waals surface area contributed by atoms with Gasteiger partial charge in [0.15, 0.2) is 0 Å². The third-order valence-electron chi connectivity index (χ3n) is 2.74. The van der Waals surface area contributed by atoms with Gasteiger partial charge >= 0.3 is 0 Å². The maximum Gasteiger partial charge on any atom is 0.222 e. The monoisotopic (exact) mass is 250 g/mol. The van der Waals surface area contributed by atoms with Crippen molar-refractivity contribution in [3.8, 4) is 5.75 Å². The summed E-state index contributed by atoms with van der Waals surface area (Å²) in [5.41, 5.74) is 6.45. The first kappa shape index (κ1) is 14.5. The summed E-state index contributed by atoms with van der Waals surface area (Å²) in [4.78, 5) is 13.5. The van der Waals surface area contributed by atoms with Crippen molar-refractivity contribution >= 4 is 5.91 Å². The molecule has 0 bridgehead atoms. The number of aromatic hydroxyl groups is 1. The van der Waals surface area contributed by atoms with Crippen LogP contribution >= 0.6 is 0 Å². The first-order chi connectivity index (χ1) is 8.28. The van der Waals surface area contributed by atoms with E-state index in [0.717, 1.165) is 5.56 Å². The van der Waals surface area contributed by atoms with Crippen LogP contribution in [0, 0.1) is 0 Å². The van der Waals surface area contributed by atoms with Crippen LogP contribution in [-0.2, 0) is 11.3 Å². The second-order valence-corrected chi connectivity index (χ2v) is 5.41. The fourth-order valence-corrected chi connectivity index (χ4v) is 1.64. The van der Waals surface area contributed by atoms with Crippen LogP contribution in [0.25, 0.3) is 0 Å². The Labute approximate surface area is 108 Å². The van der Waals surface area contributed by atoms with Crippen LogP contribution < -0.4 is 5.73 Å². The van der Waals surface area contributed by atoms with Gasteiger partial charge in [-0.25, -0.2) is 0 Å². The number of benzene rings is 1. The normalized spacial score (nSPS) is 11.3. The van der Waals surface area contributed by atoms with Crippen LogP contribution in [0.5, 0.6) is 5.75 Å². The van der Waals surface area contributed by atoms with E-state index in [4.69, 9.17) is 5.73 Å². The zero-order valence-corrected chi connectivity index (χ0v) is 11.3. The van der Waals surface area contributed by atoms with Crippen LogP contribution in [0.1, 0.15) is 32.3 Å².